The minimum absolute atomic E-state index is 0.419. The van der Waals surface area contributed by atoms with E-state index in [1.165, 1.54) is 4.88 Å². The highest BCUT2D eigenvalue weighted by molar-refractivity contribution is 7.10. The summed E-state index contributed by atoms with van der Waals surface area (Å²) in [6.45, 7) is 0. The SMILES string of the molecule is O=C(O)c1c2c(nc3ccccc13)/C(=C/c1cccs1)CCC2. The standard InChI is InChI=1S/C19H15NO2S/c21-19(22)17-14-7-1-2-9-16(14)20-18-12(5-3-8-15(17)18)11-13-6-4-10-23-13/h1-2,4,6-7,9-11H,3,5,8H2,(H,21,22)/b12-11+. The number of aromatic carboxylic acids is 1. The van der Waals surface area contributed by atoms with Crippen LogP contribution in [-0.4, -0.2) is 16.1 Å². The van der Waals surface area contributed by atoms with Crippen molar-refractivity contribution in [2.45, 2.75) is 19.3 Å². The molecular weight excluding hydrogens is 306 g/mol. The predicted octanol–water partition coefficient (Wildman–Crippen LogP) is 4.87. The molecule has 0 bridgehead atoms. The van der Waals surface area contributed by atoms with E-state index in [4.69, 9.17) is 4.98 Å². The number of rotatable bonds is 2. The van der Waals surface area contributed by atoms with Crippen molar-refractivity contribution in [3.63, 3.8) is 0 Å². The molecule has 0 spiro atoms. The van der Waals surface area contributed by atoms with Crippen molar-refractivity contribution in [2.75, 3.05) is 0 Å². The molecule has 3 aromatic rings. The number of carboxylic acids is 1. The number of thiophene rings is 1. The summed E-state index contributed by atoms with van der Waals surface area (Å²) in [5, 5.41) is 12.5. The van der Waals surface area contributed by atoms with Crippen LogP contribution in [0.4, 0.5) is 0 Å². The summed E-state index contributed by atoms with van der Waals surface area (Å²) in [6, 6.07) is 11.6. The maximum Gasteiger partial charge on any atom is 0.336 e. The van der Waals surface area contributed by atoms with Gasteiger partial charge in [0.15, 0.2) is 0 Å². The third-order valence-electron chi connectivity index (χ3n) is 4.24. The zero-order valence-electron chi connectivity index (χ0n) is 12.5. The summed E-state index contributed by atoms with van der Waals surface area (Å²) in [5.41, 5.74) is 4.05. The van der Waals surface area contributed by atoms with Gasteiger partial charge in [0, 0.05) is 10.3 Å². The van der Waals surface area contributed by atoms with Gasteiger partial charge in [0.25, 0.3) is 0 Å². The van der Waals surface area contributed by atoms with Gasteiger partial charge in [0.05, 0.1) is 16.8 Å². The Bertz CT molecular complexity index is 926. The van der Waals surface area contributed by atoms with Crippen LogP contribution >= 0.6 is 11.3 Å². The number of nitrogens with zero attached hydrogens (tertiary/aromatic N) is 1. The average molecular weight is 321 g/mol. The van der Waals surface area contributed by atoms with Gasteiger partial charge in [0.1, 0.15) is 0 Å². The fraction of sp³-hybridized carbons (Fsp3) is 0.158. The van der Waals surface area contributed by atoms with Crippen LogP contribution in [0.15, 0.2) is 41.8 Å². The van der Waals surface area contributed by atoms with Crippen LogP contribution in [0.2, 0.25) is 0 Å². The van der Waals surface area contributed by atoms with E-state index in [0.717, 1.165) is 47.0 Å². The Hall–Kier alpha value is -2.46. The van der Waals surface area contributed by atoms with Gasteiger partial charge in [-0.3, -0.25) is 0 Å². The summed E-state index contributed by atoms with van der Waals surface area (Å²) < 4.78 is 0. The van der Waals surface area contributed by atoms with Crippen molar-refractivity contribution in [3.05, 3.63) is 63.5 Å². The monoisotopic (exact) mass is 321 g/mol. The second-order valence-corrected chi connectivity index (χ2v) is 6.65. The van der Waals surface area contributed by atoms with Crippen LogP contribution in [0.3, 0.4) is 0 Å². The first-order chi connectivity index (χ1) is 11.2. The van der Waals surface area contributed by atoms with Crippen molar-refractivity contribution in [3.8, 4) is 0 Å². The molecule has 2 heterocycles. The van der Waals surface area contributed by atoms with Crippen LogP contribution in [0.5, 0.6) is 0 Å². The van der Waals surface area contributed by atoms with E-state index in [0.29, 0.717) is 5.56 Å². The molecule has 0 saturated heterocycles. The highest BCUT2D eigenvalue weighted by atomic mass is 32.1. The topological polar surface area (TPSA) is 50.2 Å². The lowest BCUT2D eigenvalue weighted by molar-refractivity contribution is 0.0697. The van der Waals surface area contributed by atoms with E-state index in [1.807, 2.05) is 35.7 Å². The first-order valence-corrected chi connectivity index (χ1v) is 8.51. The molecule has 0 aliphatic heterocycles. The number of carbonyl (C=O) groups is 1. The van der Waals surface area contributed by atoms with Crippen LogP contribution in [-0.2, 0) is 6.42 Å². The molecule has 4 heteroatoms. The first kappa shape index (κ1) is 14.2. The molecule has 1 aromatic carbocycles. The number of pyridine rings is 1. The van der Waals surface area contributed by atoms with Gasteiger partial charge in [-0.2, -0.15) is 0 Å². The summed E-state index contributed by atoms with van der Waals surface area (Å²) in [6.07, 6.45) is 4.83. The summed E-state index contributed by atoms with van der Waals surface area (Å²) in [4.78, 5) is 17.8. The van der Waals surface area contributed by atoms with Gasteiger partial charge in [0.2, 0.25) is 0 Å². The van der Waals surface area contributed by atoms with Gasteiger partial charge < -0.3 is 5.11 Å². The Balaban J connectivity index is 2.01. The molecule has 0 fully saturated rings. The Morgan fingerprint density at radius 2 is 2.04 bits per heavy atom. The molecule has 3 nitrogen and oxygen atoms in total. The van der Waals surface area contributed by atoms with Crippen LogP contribution in [0.25, 0.3) is 22.6 Å². The van der Waals surface area contributed by atoms with Crippen molar-refractivity contribution in [1.82, 2.24) is 4.98 Å². The number of fused-ring (bicyclic) bond motifs is 2. The van der Waals surface area contributed by atoms with Gasteiger partial charge in [-0.25, -0.2) is 9.78 Å². The van der Waals surface area contributed by atoms with Crippen molar-refractivity contribution >= 4 is 39.9 Å². The number of aromatic nitrogens is 1. The first-order valence-electron chi connectivity index (χ1n) is 7.63. The Morgan fingerprint density at radius 3 is 2.83 bits per heavy atom. The lowest BCUT2D eigenvalue weighted by atomic mass is 9.86. The molecule has 1 aliphatic rings. The number of carboxylic acid groups (broad SMARTS) is 1. The molecule has 0 amide bonds. The minimum Gasteiger partial charge on any atom is -0.478 e. The lowest BCUT2D eigenvalue weighted by Crippen LogP contribution is -2.12. The summed E-state index contributed by atoms with van der Waals surface area (Å²) in [5.74, 6) is -0.864. The largest absolute Gasteiger partial charge is 0.478 e. The summed E-state index contributed by atoms with van der Waals surface area (Å²) >= 11 is 1.68. The Labute approximate surface area is 137 Å². The molecule has 1 aliphatic carbocycles. The minimum atomic E-state index is -0.864. The van der Waals surface area contributed by atoms with Gasteiger partial charge in [-0.05, 0) is 54.0 Å². The molecule has 0 unspecified atom stereocenters. The quantitative estimate of drug-likeness (QED) is 0.732. The molecule has 0 radical (unpaired) electrons. The smallest absolute Gasteiger partial charge is 0.336 e. The Kier molecular flexibility index (Phi) is 3.46. The molecule has 23 heavy (non-hydrogen) atoms. The van der Waals surface area contributed by atoms with E-state index in [9.17, 15) is 9.90 Å². The molecular formula is C19H15NO2S. The van der Waals surface area contributed by atoms with Crippen LogP contribution in [0, 0.1) is 0 Å². The molecule has 0 saturated carbocycles. The molecule has 2 aromatic heterocycles. The third-order valence-corrected chi connectivity index (χ3v) is 5.06. The van der Waals surface area contributed by atoms with Crippen molar-refractivity contribution in [1.29, 1.82) is 0 Å². The number of benzene rings is 1. The number of hydrogen-bond donors (Lipinski definition) is 1. The second-order valence-electron chi connectivity index (χ2n) is 5.67. The predicted molar refractivity (Wildman–Crippen MR) is 93.8 cm³/mol. The fourth-order valence-electron chi connectivity index (χ4n) is 3.26. The van der Waals surface area contributed by atoms with Gasteiger partial charge >= 0.3 is 5.97 Å². The Morgan fingerprint density at radius 1 is 1.17 bits per heavy atom. The number of para-hydroxylation sites is 1. The third kappa shape index (κ3) is 2.45. The van der Waals surface area contributed by atoms with Gasteiger partial charge in [-0.15, -0.1) is 11.3 Å². The zero-order chi connectivity index (χ0) is 15.8. The van der Waals surface area contributed by atoms with Crippen LogP contribution < -0.4 is 0 Å². The fourth-order valence-corrected chi connectivity index (χ4v) is 3.95. The van der Waals surface area contributed by atoms with E-state index in [-0.39, 0.29) is 0 Å². The molecule has 114 valence electrons. The van der Waals surface area contributed by atoms with E-state index < -0.39 is 5.97 Å². The summed E-state index contributed by atoms with van der Waals surface area (Å²) in [7, 11) is 0. The normalized spacial score (nSPS) is 15.7. The van der Waals surface area contributed by atoms with Crippen LogP contribution in [0.1, 0.15) is 39.3 Å². The van der Waals surface area contributed by atoms with Gasteiger partial charge in [-0.1, -0.05) is 24.3 Å². The molecule has 4 rings (SSSR count). The molecule has 1 N–H and O–H groups in total. The van der Waals surface area contributed by atoms with E-state index >= 15 is 0 Å². The second kappa shape index (κ2) is 5.63. The maximum absolute atomic E-state index is 11.9. The highest BCUT2D eigenvalue weighted by Crippen LogP contribution is 2.36. The maximum atomic E-state index is 11.9. The van der Waals surface area contributed by atoms with E-state index in [1.54, 1.807) is 11.3 Å². The number of allylic oxidation sites excluding steroid dienone is 1. The van der Waals surface area contributed by atoms with E-state index in [2.05, 4.69) is 12.1 Å². The zero-order valence-corrected chi connectivity index (χ0v) is 13.3. The number of hydrogen-bond acceptors (Lipinski definition) is 3. The van der Waals surface area contributed by atoms with Crippen molar-refractivity contribution < 1.29 is 9.90 Å². The average Bonchev–Trinajstić information content (AvgIpc) is 3.06. The molecule has 0 atom stereocenters. The lowest BCUT2D eigenvalue weighted by Gasteiger charge is -2.21. The highest BCUT2D eigenvalue weighted by Gasteiger charge is 2.24. The van der Waals surface area contributed by atoms with Crippen molar-refractivity contribution in [2.24, 2.45) is 0 Å².